The van der Waals surface area contributed by atoms with Crippen LogP contribution >= 0.6 is 15.9 Å². The van der Waals surface area contributed by atoms with Gasteiger partial charge in [-0.1, -0.05) is 6.58 Å². The number of nitrogens with one attached hydrogen (secondary N) is 1. The molecule has 0 atom stereocenters. The number of piperidine rings is 1. The summed E-state index contributed by atoms with van der Waals surface area (Å²) in [5.41, 5.74) is -0.0414. The molecule has 0 bridgehead atoms. The van der Waals surface area contributed by atoms with Gasteiger partial charge in [-0.15, -0.1) is 13.2 Å². The average Bonchev–Trinajstić information content (AvgIpc) is 2.57. The fourth-order valence-electron chi connectivity index (χ4n) is 2.55. The van der Waals surface area contributed by atoms with Gasteiger partial charge >= 0.3 is 6.36 Å². The molecule has 1 aromatic carbocycles. The van der Waals surface area contributed by atoms with E-state index < -0.39 is 29.8 Å². The predicted octanol–water partition coefficient (Wildman–Crippen LogP) is 3.85. The molecule has 2 rings (SSSR count). The van der Waals surface area contributed by atoms with Gasteiger partial charge in [0.15, 0.2) is 11.6 Å². The number of carbonyl (C=O) groups is 2. The zero-order valence-corrected chi connectivity index (χ0v) is 15.0. The Hall–Kier alpha value is -2.10. The van der Waals surface area contributed by atoms with Crippen molar-refractivity contribution in [2.45, 2.75) is 19.2 Å². The third-order valence-corrected chi connectivity index (χ3v) is 4.51. The number of hydrogen-bond acceptors (Lipinski definition) is 3. The molecule has 1 N–H and O–H groups in total. The Balaban J connectivity index is 2.06. The van der Waals surface area contributed by atoms with Crippen molar-refractivity contribution in [1.82, 2.24) is 4.90 Å². The van der Waals surface area contributed by atoms with Crippen LogP contribution in [-0.2, 0) is 9.59 Å². The number of ether oxygens (including phenoxy) is 1. The van der Waals surface area contributed by atoms with Crippen molar-refractivity contribution in [2.75, 3.05) is 18.4 Å². The lowest BCUT2D eigenvalue weighted by Crippen LogP contribution is -2.40. The van der Waals surface area contributed by atoms with E-state index in [1.807, 2.05) is 0 Å². The van der Waals surface area contributed by atoms with Crippen molar-refractivity contribution < 1.29 is 31.9 Å². The fraction of sp³-hybridized carbons (Fsp3) is 0.375. The van der Waals surface area contributed by atoms with E-state index in [4.69, 9.17) is 0 Å². The number of rotatable bonds is 4. The maximum atomic E-state index is 13.6. The highest BCUT2D eigenvalue weighted by molar-refractivity contribution is 9.10. The van der Waals surface area contributed by atoms with Crippen LogP contribution in [0, 0.1) is 11.7 Å². The third-order valence-electron chi connectivity index (χ3n) is 3.86. The van der Waals surface area contributed by atoms with Crippen molar-refractivity contribution in [1.29, 1.82) is 0 Å². The van der Waals surface area contributed by atoms with Gasteiger partial charge in [0.25, 0.3) is 0 Å². The van der Waals surface area contributed by atoms with Gasteiger partial charge in [0.2, 0.25) is 11.8 Å². The standard InChI is InChI=1S/C16H15BrF4N2O3/c1-2-14(24)23-5-3-9(4-6-23)15(25)22-12-8-13(26-16(19,20)21)11(18)7-10(12)17/h2,7-9H,1,3-6H2,(H,22,25). The van der Waals surface area contributed by atoms with Gasteiger partial charge in [-0.25, -0.2) is 4.39 Å². The minimum absolute atomic E-state index is 0.0414. The highest BCUT2D eigenvalue weighted by Gasteiger charge is 2.33. The molecule has 5 nitrogen and oxygen atoms in total. The SMILES string of the molecule is C=CC(=O)N1CCC(C(=O)Nc2cc(OC(F)(F)F)c(F)cc2Br)CC1. The molecular weight excluding hydrogens is 424 g/mol. The van der Waals surface area contributed by atoms with E-state index in [0.717, 1.165) is 12.1 Å². The lowest BCUT2D eigenvalue weighted by Gasteiger charge is -2.30. The maximum absolute atomic E-state index is 13.6. The summed E-state index contributed by atoms with van der Waals surface area (Å²) < 4.78 is 54.2. The van der Waals surface area contributed by atoms with Crippen molar-refractivity contribution in [3.8, 4) is 5.75 Å². The molecule has 10 heteroatoms. The minimum atomic E-state index is -5.06. The molecule has 142 valence electrons. The molecule has 1 saturated heterocycles. The Morgan fingerprint density at radius 2 is 1.92 bits per heavy atom. The van der Waals surface area contributed by atoms with Gasteiger partial charge < -0.3 is 15.0 Å². The molecule has 0 aliphatic carbocycles. The number of nitrogens with zero attached hydrogens (tertiary/aromatic N) is 1. The highest BCUT2D eigenvalue weighted by atomic mass is 79.9. The molecular formula is C16H15BrF4N2O3. The lowest BCUT2D eigenvalue weighted by molar-refractivity contribution is -0.275. The molecule has 2 amide bonds. The zero-order chi connectivity index (χ0) is 19.5. The molecule has 1 aromatic rings. The first kappa shape index (κ1) is 20.2. The first-order chi connectivity index (χ1) is 12.1. The van der Waals surface area contributed by atoms with Gasteiger partial charge in [0.05, 0.1) is 5.69 Å². The molecule has 0 aromatic heterocycles. The van der Waals surface area contributed by atoms with E-state index in [2.05, 4.69) is 32.6 Å². The normalized spacial score (nSPS) is 15.5. The summed E-state index contributed by atoms with van der Waals surface area (Å²) in [6.07, 6.45) is -3.06. The predicted molar refractivity (Wildman–Crippen MR) is 88.9 cm³/mol. The Morgan fingerprint density at radius 1 is 1.31 bits per heavy atom. The molecule has 1 fully saturated rings. The maximum Gasteiger partial charge on any atom is 0.573 e. The number of benzene rings is 1. The quantitative estimate of drug-likeness (QED) is 0.573. The van der Waals surface area contributed by atoms with Crippen LogP contribution in [-0.4, -0.2) is 36.2 Å². The molecule has 1 heterocycles. The smallest absolute Gasteiger partial charge is 0.403 e. The first-order valence-electron chi connectivity index (χ1n) is 7.57. The fourth-order valence-corrected chi connectivity index (χ4v) is 2.97. The van der Waals surface area contributed by atoms with Crippen LogP contribution in [0.25, 0.3) is 0 Å². The molecule has 0 saturated carbocycles. The number of hydrogen-bond donors (Lipinski definition) is 1. The van der Waals surface area contributed by atoms with E-state index in [1.54, 1.807) is 4.90 Å². The van der Waals surface area contributed by atoms with Gasteiger partial charge in [0, 0.05) is 29.5 Å². The van der Waals surface area contributed by atoms with E-state index in [1.165, 1.54) is 6.08 Å². The van der Waals surface area contributed by atoms with Crippen LogP contribution in [0.3, 0.4) is 0 Å². The number of amides is 2. The molecule has 0 spiro atoms. The lowest BCUT2D eigenvalue weighted by atomic mass is 9.95. The van der Waals surface area contributed by atoms with Gasteiger partial charge in [-0.2, -0.15) is 0 Å². The number of halogens is 5. The van der Waals surface area contributed by atoms with Crippen LogP contribution in [0.2, 0.25) is 0 Å². The van der Waals surface area contributed by atoms with Crippen molar-refractivity contribution in [2.24, 2.45) is 5.92 Å². The first-order valence-corrected chi connectivity index (χ1v) is 8.37. The van der Waals surface area contributed by atoms with Crippen LogP contribution in [0.5, 0.6) is 5.75 Å². The Labute approximate surface area is 155 Å². The summed E-state index contributed by atoms with van der Waals surface area (Å²) in [6.45, 7) is 4.14. The molecule has 1 aliphatic rings. The number of carbonyl (C=O) groups excluding carboxylic acids is 2. The van der Waals surface area contributed by atoms with Crippen LogP contribution in [0.15, 0.2) is 29.3 Å². The Bertz CT molecular complexity index is 716. The monoisotopic (exact) mass is 438 g/mol. The van der Waals surface area contributed by atoms with Gasteiger partial charge in [0.1, 0.15) is 0 Å². The Kier molecular flexibility index (Phi) is 6.27. The topological polar surface area (TPSA) is 58.6 Å². The van der Waals surface area contributed by atoms with Crippen molar-refractivity contribution in [3.63, 3.8) is 0 Å². The zero-order valence-electron chi connectivity index (χ0n) is 13.4. The van der Waals surface area contributed by atoms with E-state index >= 15 is 0 Å². The van der Waals surface area contributed by atoms with E-state index in [-0.39, 0.29) is 16.1 Å². The summed E-state index contributed by atoms with van der Waals surface area (Å²) >= 11 is 3.00. The van der Waals surface area contributed by atoms with Crippen molar-refractivity contribution in [3.05, 3.63) is 35.1 Å². The number of alkyl halides is 3. The molecule has 0 radical (unpaired) electrons. The van der Waals surface area contributed by atoms with E-state index in [0.29, 0.717) is 25.9 Å². The number of anilines is 1. The third kappa shape index (κ3) is 5.20. The summed E-state index contributed by atoms with van der Waals surface area (Å²) in [7, 11) is 0. The second kappa shape index (κ2) is 8.07. The van der Waals surface area contributed by atoms with Gasteiger partial charge in [-0.05, 0) is 40.9 Å². The largest absolute Gasteiger partial charge is 0.573 e. The summed E-state index contributed by atoms with van der Waals surface area (Å²) in [5, 5.41) is 2.47. The summed E-state index contributed by atoms with van der Waals surface area (Å²) in [4.78, 5) is 25.4. The molecule has 0 unspecified atom stereocenters. The molecule has 26 heavy (non-hydrogen) atoms. The van der Waals surface area contributed by atoms with Crippen LogP contribution in [0.1, 0.15) is 12.8 Å². The second-order valence-electron chi connectivity index (χ2n) is 5.60. The van der Waals surface area contributed by atoms with E-state index in [9.17, 15) is 27.2 Å². The summed E-state index contributed by atoms with van der Waals surface area (Å²) in [5.74, 6) is -3.33. The van der Waals surface area contributed by atoms with Gasteiger partial charge in [-0.3, -0.25) is 9.59 Å². The van der Waals surface area contributed by atoms with Crippen LogP contribution in [0.4, 0.5) is 23.2 Å². The minimum Gasteiger partial charge on any atom is -0.403 e. The summed E-state index contributed by atoms with van der Waals surface area (Å²) in [6, 6.07) is 1.54. The number of likely N-dealkylation sites (tertiary alicyclic amines) is 1. The second-order valence-corrected chi connectivity index (χ2v) is 6.46. The van der Waals surface area contributed by atoms with Crippen LogP contribution < -0.4 is 10.1 Å². The molecule has 1 aliphatic heterocycles. The van der Waals surface area contributed by atoms with Crippen molar-refractivity contribution >= 4 is 33.4 Å². The Morgan fingerprint density at radius 3 is 2.46 bits per heavy atom. The average molecular weight is 439 g/mol. The highest BCUT2D eigenvalue weighted by Crippen LogP contribution is 2.34.